The van der Waals surface area contributed by atoms with Crippen molar-refractivity contribution in [1.82, 2.24) is 0 Å². The van der Waals surface area contributed by atoms with E-state index in [4.69, 9.17) is 5.11 Å². The summed E-state index contributed by atoms with van der Waals surface area (Å²) in [5.41, 5.74) is 0.122. The Morgan fingerprint density at radius 3 is 2.43 bits per heavy atom. The number of aliphatic hydroxyl groups excluding tert-OH is 1. The van der Waals surface area contributed by atoms with Gasteiger partial charge in [0, 0.05) is 0 Å². The highest BCUT2D eigenvalue weighted by Crippen LogP contribution is 2.12. The Morgan fingerprint density at radius 1 is 1.43 bits per heavy atom. The smallest absolute Gasteiger partial charge is 0.314 e. The number of hydrogen-bond donors (Lipinski definition) is 1. The Labute approximate surface area is 79.5 Å². The van der Waals surface area contributed by atoms with Crippen LogP contribution >= 0.6 is 0 Å². The lowest BCUT2D eigenvalue weighted by Gasteiger charge is -2.09. The van der Waals surface area contributed by atoms with Crippen LogP contribution in [-0.2, 0) is 4.79 Å². The van der Waals surface area contributed by atoms with Gasteiger partial charge in [-0.15, -0.1) is 0 Å². The van der Waals surface area contributed by atoms with Crippen LogP contribution in [0.2, 0.25) is 0 Å². The molecule has 0 heterocycles. The first-order valence-corrected chi connectivity index (χ1v) is 3.80. The van der Waals surface area contributed by atoms with Crippen molar-refractivity contribution in [2.24, 2.45) is 0 Å². The number of anilines is 1. The lowest BCUT2D eigenvalue weighted by Crippen LogP contribution is -2.38. The molecule has 0 spiro atoms. The molecule has 0 atom stereocenters. The van der Waals surface area contributed by atoms with Crippen LogP contribution in [0, 0.1) is 10.1 Å². The van der Waals surface area contributed by atoms with Gasteiger partial charge in [-0.05, 0) is 17.1 Å². The van der Waals surface area contributed by atoms with Crippen molar-refractivity contribution in [3.05, 3.63) is 40.4 Å². The van der Waals surface area contributed by atoms with Crippen molar-refractivity contribution in [2.75, 3.05) is 11.6 Å². The Kier molecular flexibility index (Phi) is 3.14. The summed E-state index contributed by atoms with van der Waals surface area (Å²) in [7, 11) is 0. The molecule has 1 amide bonds. The van der Waals surface area contributed by atoms with Crippen LogP contribution < -0.4 is 5.01 Å². The molecule has 1 rings (SSSR count). The van der Waals surface area contributed by atoms with Gasteiger partial charge in [0.2, 0.25) is 0 Å². The van der Waals surface area contributed by atoms with Crippen molar-refractivity contribution in [2.45, 2.75) is 0 Å². The number of aliphatic hydroxyl groups is 1. The average molecular weight is 196 g/mol. The van der Waals surface area contributed by atoms with Gasteiger partial charge in [0.25, 0.3) is 0 Å². The quantitative estimate of drug-likeness (QED) is 0.553. The number of benzene rings is 1. The first kappa shape index (κ1) is 10.1. The third-order valence-corrected chi connectivity index (χ3v) is 1.54. The highest BCUT2D eigenvalue weighted by atomic mass is 16.7. The minimum absolute atomic E-state index is 0.122. The fourth-order valence-corrected chi connectivity index (χ4v) is 0.966. The molecule has 0 saturated carbocycles. The molecule has 14 heavy (non-hydrogen) atoms. The monoisotopic (exact) mass is 196 g/mol. The third-order valence-electron chi connectivity index (χ3n) is 1.54. The minimum Gasteiger partial charge on any atom is -0.386 e. The van der Waals surface area contributed by atoms with Crippen molar-refractivity contribution in [3.8, 4) is 0 Å². The summed E-state index contributed by atoms with van der Waals surface area (Å²) in [5.74, 6) is -0.971. The Bertz CT molecular complexity index is 338. The third kappa shape index (κ3) is 2.05. The van der Waals surface area contributed by atoms with Gasteiger partial charge in [-0.2, -0.15) is 0 Å². The predicted octanol–water partition coefficient (Wildman–Crippen LogP) is 0.204. The van der Waals surface area contributed by atoms with Crippen LogP contribution in [0.5, 0.6) is 0 Å². The number of para-hydroxylation sites is 1. The summed E-state index contributed by atoms with van der Waals surface area (Å²) in [6.45, 7) is -0.893. The van der Waals surface area contributed by atoms with E-state index in [1.807, 2.05) is 0 Å². The van der Waals surface area contributed by atoms with Crippen LogP contribution in [0.3, 0.4) is 0 Å². The molecule has 74 valence electrons. The first-order valence-electron chi connectivity index (χ1n) is 3.80. The molecule has 0 saturated heterocycles. The lowest BCUT2D eigenvalue weighted by atomic mass is 10.3. The van der Waals surface area contributed by atoms with Gasteiger partial charge in [0.05, 0.1) is 0 Å². The van der Waals surface area contributed by atoms with Crippen molar-refractivity contribution in [1.29, 1.82) is 0 Å². The molecule has 0 aromatic heterocycles. The molecular weight excluding hydrogens is 188 g/mol. The summed E-state index contributed by atoms with van der Waals surface area (Å²) < 4.78 is 0. The zero-order valence-corrected chi connectivity index (χ0v) is 7.16. The van der Waals surface area contributed by atoms with E-state index in [2.05, 4.69) is 0 Å². The SMILES string of the molecule is O=C(CO)N(c1ccccc1)[N+](=O)[O-]. The predicted molar refractivity (Wildman–Crippen MR) is 48.0 cm³/mol. The number of hydrogen-bond acceptors (Lipinski definition) is 4. The maximum atomic E-state index is 11.0. The Hall–Kier alpha value is -1.95. The van der Waals surface area contributed by atoms with Gasteiger partial charge in [-0.1, -0.05) is 18.2 Å². The molecule has 0 aliphatic rings. The molecule has 0 aliphatic heterocycles. The second-order valence-electron chi connectivity index (χ2n) is 2.44. The zero-order chi connectivity index (χ0) is 10.6. The molecule has 0 bridgehead atoms. The number of hydrazine groups is 1. The van der Waals surface area contributed by atoms with E-state index in [0.717, 1.165) is 0 Å². The van der Waals surface area contributed by atoms with E-state index >= 15 is 0 Å². The average Bonchev–Trinajstić information content (AvgIpc) is 2.19. The second-order valence-corrected chi connectivity index (χ2v) is 2.44. The van der Waals surface area contributed by atoms with Gasteiger partial charge in [0.1, 0.15) is 12.3 Å². The van der Waals surface area contributed by atoms with Crippen LogP contribution in [0.1, 0.15) is 0 Å². The van der Waals surface area contributed by atoms with E-state index in [0.29, 0.717) is 5.01 Å². The Morgan fingerprint density at radius 2 is 2.00 bits per heavy atom. The molecule has 1 N–H and O–H groups in total. The molecule has 0 aliphatic carbocycles. The molecule has 0 radical (unpaired) electrons. The van der Waals surface area contributed by atoms with E-state index in [9.17, 15) is 14.9 Å². The summed E-state index contributed by atoms with van der Waals surface area (Å²) in [6, 6.07) is 7.63. The molecule has 1 aromatic carbocycles. The van der Waals surface area contributed by atoms with Crippen molar-refractivity contribution < 1.29 is 14.9 Å². The number of amides is 1. The summed E-state index contributed by atoms with van der Waals surface area (Å²) in [4.78, 5) is 21.5. The van der Waals surface area contributed by atoms with Gasteiger partial charge in [0.15, 0.2) is 5.03 Å². The maximum Gasteiger partial charge on any atom is 0.314 e. The summed E-state index contributed by atoms with van der Waals surface area (Å²) >= 11 is 0. The van der Waals surface area contributed by atoms with Crippen LogP contribution in [0.15, 0.2) is 30.3 Å². The number of carbonyl (C=O) groups excluding carboxylic acids is 1. The number of carbonyl (C=O) groups is 1. The van der Waals surface area contributed by atoms with Crippen molar-refractivity contribution in [3.63, 3.8) is 0 Å². The van der Waals surface area contributed by atoms with E-state index in [-0.39, 0.29) is 5.69 Å². The standard InChI is InChI=1S/C8H8N2O4/c11-6-8(12)9(10(13)14)7-4-2-1-3-5-7/h1-5,11H,6H2. The topological polar surface area (TPSA) is 83.7 Å². The van der Waals surface area contributed by atoms with Gasteiger partial charge < -0.3 is 5.11 Å². The van der Waals surface area contributed by atoms with Gasteiger partial charge in [-0.25, -0.2) is 10.1 Å². The van der Waals surface area contributed by atoms with Crippen molar-refractivity contribution >= 4 is 11.6 Å². The lowest BCUT2D eigenvalue weighted by molar-refractivity contribution is -0.484. The molecule has 6 nitrogen and oxygen atoms in total. The van der Waals surface area contributed by atoms with Crippen LogP contribution in [0.25, 0.3) is 0 Å². The highest BCUT2D eigenvalue weighted by Gasteiger charge is 2.24. The fraction of sp³-hybridized carbons (Fsp3) is 0.125. The molecule has 0 fully saturated rings. The van der Waals surface area contributed by atoms with Gasteiger partial charge >= 0.3 is 5.91 Å². The maximum absolute atomic E-state index is 11.0. The van der Waals surface area contributed by atoms with E-state index in [1.165, 1.54) is 12.1 Å². The Balaban J connectivity index is 3.01. The minimum atomic E-state index is -0.971. The van der Waals surface area contributed by atoms with E-state index in [1.54, 1.807) is 18.2 Å². The normalized spacial score (nSPS) is 9.50. The summed E-state index contributed by atoms with van der Waals surface area (Å²) in [5, 5.41) is 18.5. The molecular formula is C8H8N2O4. The number of nitro groups is 1. The van der Waals surface area contributed by atoms with Gasteiger partial charge in [-0.3, -0.25) is 4.79 Å². The number of nitrogens with zero attached hydrogens (tertiary/aromatic N) is 2. The van der Waals surface area contributed by atoms with Crippen LogP contribution in [-0.4, -0.2) is 22.7 Å². The fourth-order valence-electron chi connectivity index (χ4n) is 0.966. The summed E-state index contributed by atoms with van der Waals surface area (Å²) in [6.07, 6.45) is 0. The largest absolute Gasteiger partial charge is 0.386 e. The zero-order valence-electron chi connectivity index (χ0n) is 7.16. The number of rotatable bonds is 3. The van der Waals surface area contributed by atoms with Crippen LogP contribution in [0.4, 0.5) is 5.69 Å². The van der Waals surface area contributed by atoms with E-state index < -0.39 is 17.5 Å². The first-order chi connectivity index (χ1) is 6.66. The highest BCUT2D eigenvalue weighted by molar-refractivity contribution is 5.91. The molecule has 6 heteroatoms. The second kappa shape index (κ2) is 4.33. The molecule has 0 unspecified atom stereocenters. The molecule has 1 aromatic rings.